The normalized spacial score (nSPS) is 10.2. The van der Waals surface area contributed by atoms with E-state index < -0.39 is 5.97 Å². The Morgan fingerprint density at radius 3 is 2.58 bits per heavy atom. The molecule has 98 valence electrons. The first kappa shape index (κ1) is 13.1. The van der Waals surface area contributed by atoms with E-state index in [2.05, 4.69) is 0 Å². The van der Waals surface area contributed by atoms with Crippen molar-refractivity contribution in [3.63, 3.8) is 0 Å². The molecule has 0 aliphatic carbocycles. The van der Waals surface area contributed by atoms with Gasteiger partial charge in [-0.15, -0.1) is 0 Å². The van der Waals surface area contributed by atoms with Gasteiger partial charge in [0, 0.05) is 11.9 Å². The number of ether oxygens (including phenoxy) is 1. The fourth-order valence-electron chi connectivity index (χ4n) is 1.85. The average Bonchev–Trinajstić information content (AvgIpc) is 2.42. The van der Waals surface area contributed by atoms with Gasteiger partial charge in [0.05, 0.1) is 6.61 Å². The number of carbonyl (C=O) groups excluding carboxylic acids is 1. The van der Waals surface area contributed by atoms with E-state index in [1.165, 1.54) is 4.57 Å². The third-order valence-electron chi connectivity index (χ3n) is 2.68. The first-order valence-electron chi connectivity index (χ1n) is 6.09. The second kappa shape index (κ2) is 5.52. The van der Waals surface area contributed by atoms with Crippen molar-refractivity contribution in [3.05, 3.63) is 64.1 Å². The Hall–Kier alpha value is -2.36. The van der Waals surface area contributed by atoms with Gasteiger partial charge in [-0.05, 0) is 37.6 Å². The summed E-state index contributed by atoms with van der Waals surface area (Å²) in [5, 5.41) is 0. The van der Waals surface area contributed by atoms with Gasteiger partial charge in [0.1, 0.15) is 5.56 Å². The summed E-state index contributed by atoms with van der Waals surface area (Å²) in [6.07, 6.45) is 1.71. The van der Waals surface area contributed by atoms with Crippen molar-refractivity contribution in [2.75, 3.05) is 6.61 Å². The van der Waals surface area contributed by atoms with Crippen molar-refractivity contribution >= 4 is 5.97 Å². The van der Waals surface area contributed by atoms with Gasteiger partial charge in [-0.2, -0.15) is 0 Å². The number of nitrogens with zero attached hydrogens (tertiary/aromatic N) is 1. The summed E-state index contributed by atoms with van der Waals surface area (Å²) in [7, 11) is 0. The zero-order valence-corrected chi connectivity index (χ0v) is 10.9. The highest BCUT2D eigenvalue weighted by molar-refractivity contribution is 5.89. The number of hydrogen-bond donors (Lipinski definition) is 0. The number of benzene rings is 1. The molecular formula is C15H15NO3. The SMILES string of the molecule is CCOC(=O)c1cc(C)cn(-c2ccccc2)c1=O. The van der Waals surface area contributed by atoms with Crippen LogP contribution in [-0.4, -0.2) is 17.1 Å². The molecule has 19 heavy (non-hydrogen) atoms. The molecule has 4 nitrogen and oxygen atoms in total. The van der Waals surface area contributed by atoms with Crippen LogP contribution in [0.25, 0.3) is 5.69 Å². The Kier molecular flexibility index (Phi) is 3.80. The monoisotopic (exact) mass is 257 g/mol. The lowest BCUT2D eigenvalue weighted by atomic mass is 10.2. The molecule has 1 aromatic heterocycles. The Morgan fingerprint density at radius 1 is 1.26 bits per heavy atom. The predicted molar refractivity (Wildman–Crippen MR) is 72.7 cm³/mol. The zero-order chi connectivity index (χ0) is 13.8. The highest BCUT2D eigenvalue weighted by Crippen LogP contribution is 2.08. The molecule has 4 heteroatoms. The number of carbonyl (C=O) groups is 1. The lowest BCUT2D eigenvalue weighted by Gasteiger charge is -2.09. The van der Waals surface area contributed by atoms with Crippen molar-refractivity contribution in [1.82, 2.24) is 4.57 Å². The molecule has 2 rings (SSSR count). The molecule has 0 spiro atoms. The molecule has 0 unspecified atom stereocenters. The van der Waals surface area contributed by atoms with E-state index in [9.17, 15) is 9.59 Å². The summed E-state index contributed by atoms with van der Waals surface area (Å²) in [5.74, 6) is -0.583. The van der Waals surface area contributed by atoms with Gasteiger partial charge in [0.15, 0.2) is 0 Å². The minimum Gasteiger partial charge on any atom is -0.462 e. The number of pyridine rings is 1. The van der Waals surface area contributed by atoms with E-state index in [4.69, 9.17) is 4.74 Å². The van der Waals surface area contributed by atoms with E-state index in [1.807, 2.05) is 37.3 Å². The van der Waals surface area contributed by atoms with Gasteiger partial charge in [-0.1, -0.05) is 18.2 Å². The molecule has 0 atom stereocenters. The van der Waals surface area contributed by atoms with Gasteiger partial charge in [0.2, 0.25) is 0 Å². The van der Waals surface area contributed by atoms with Crippen LogP contribution in [0.1, 0.15) is 22.8 Å². The van der Waals surface area contributed by atoms with E-state index in [0.29, 0.717) is 0 Å². The maximum absolute atomic E-state index is 12.3. The minimum atomic E-state index is -0.583. The maximum atomic E-state index is 12.3. The predicted octanol–water partition coefficient (Wildman–Crippen LogP) is 2.32. The number of esters is 1. The summed E-state index contributed by atoms with van der Waals surface area (Å²) >= 11 is 0. The summed E-state index contributed by atoms with van der Waals surface area (Å²) in [4.78, 5) is 24.1. The van der Waals surface area contributed by atoms with E-state index >= 15 is 0 Å². The van der Waals surface area contributed by atoms with Crippen molar-refractivity contribution < 1.29 is 9.53 Å². The first-order valence-corrected chi connectivity index (χ1v) is 6.09. The highest BCUT2D eigenvalue weighted by Gasteiger charge is 2.14. The van der Waals surface area contributed by atoms with Gasteiger partial charge in [0.25, 0.3) is 5.56 Å². The Bertz CT molecular complexity index is 644. The van der Waals surface area contributed by atoms with Crippen LogP contribution < -0.4 is 5.56 Å². The quantitative estimate of drug-likeness (QED) is 0.793. The molecule has 1 heterocycles. The lowest BCUT2D eigenvalue weighted by molar-refractivity contribution is 0.0523. The number of rotatable bonds is 3. The molecule has 1 aromatic carbocycles. The summed E-state index contributed by atoms with van der Waals surface area (Å²) in [6, 6.07) is 10.7. The number of aromatic nitrogens is 1. The second-order valence-corrected chi connectivity index (χ2v) is 4.16. The fourth-order valence-corrected chi connectivity index (χ4v) is 1.85. The Morgan fingerprint density at radius 2 is 1.95 bits per heavy atom. The van der Waals surface area contributed by atoms with Crippen LogP contribution in [0.2, 0.25) is 0 Å². The second-order valence-electron chi connectivity index (χ2n) is 4.16. The van der Waals surface area contributed by atoms with Crippen LogP contribution >= 0.6 is 0 Å². The third-order valence-corrected chi connectivity index (χ3v) is 2.68. The molecule has 0 N–H and O–H groups in total. The number of para-hydroxylation sites is 1. The average molecular weight is 257 g/mol. The first-order chi connectivity index (χ1) is 9.13. The van der Waals surface area contributed by atoms with E-state index in [1.54, 1.807) is 19.2 Å². The van der Waals surface area contributed by atoms with Crippen molar-refractivity contribution in [3.8, 4) is 5.69 Å². The van der Waals surface area contributed by atoms with Gasteiger partial charge >= 0.3 is 5.97 Å². The van der Waals surface area contributed by atoms with Gasteiger partial charge < -0.3 is 4.74 Å². The summed E-state index contributed by atoms with van der Waals surface area (Å²) in [5.41, 5.74) is 1.24. The smallest absolute Gasteiger partial charge is 0.343 e. The Labute approximate surface area is 111 Å². The van der Waals surface area contributed by atoms with E-state index in [0.717, 1.165) is 11.3 Å². The molecule has 0 aliphatic heterocycles. The molecule has 0 saturated heterocycles. The number of hydrogen-bond acceptors (Lipinski definition) is 3. The lowest BCUT2D eigenvalue weighted by Crippen LogP contribution is -2.26. The van der Waals surface area contributed by atoms with Gasteiger partial charge in [-0.25, -0.2) is 4.79 Å². The standard InChI is InChI=1S/C15H15NO3/c1-3-19-15(18)13-9-11(2)10-16(14(13)17)12-7-5-4-6-8-12/h4-10H,3H2,1-2H3. The van der Waals surface area contributed by atoms with Crippen LogP contribution in [0.5, 0.6) is 0 Å². The molecule has 2 aromatic rings. The topological polar surface area (TPSA) is 48.3 Å². The van der Waals surface area contributed by atoms with Crippen LogP contribution in [-0.2, 0) is 4.74 Å². The largest absolute Gasteiger partial charge is 0.462 e. The molecule has 0 amide bonds. The van der Waals surface area contributed by atoms with Crippen LogP contribution in [0.15, 0.2) is 47.4 Å². The molecule has 0 bridgehead atoms. The maximum Gasteiger partial charge on any atom is 0.343 e. The fraction of sp³-hybridized carbons (Fsp3) is 0.200. The van der Waals surface area contributed by atoms with Crippen molar-refractivity contribution in [1.29, 1.82) is 0 Å². The molecular weight excluding hydrogens is 242 g/mol. The Balaban J connectivity index is 2.58. The molecule has 0 radical (unpaired) electrons. The summed E-state index contributed by atoms with van der Waals surface area (Å²) in [6.45, 7) is 3.79. The van der Waals surface area contributed by atoms with Crippen LogP contribution in [0.4, 0.5) is 0 Å². The molecule has 0 aliphatic rings. The zero-order valence-electron chi connectivity index (χ0n) is 10.9. The molecule has 0 saturated carbocycles. The highest BCUT2D eigenvalue weighted by atomic mass is 16.5. The van der Waals surface area contributed by atoms with Gasteiger partial charge in [-0.3, -0.25) is 9.36 Å². The minimum absolute atomic E-state index is 0.0608. The van der Waals surface area contributed by atoms with Crippen LogP contribution in [0, 0.1) is 6.92 Å². The number of aryl methyl sites for hydroxylation is 1. The van der Waals surface area contributed by atoms with Crippen LogP contribution in [0.3, 0.4) is 0 Å². The van der Waals surface area contributed by atoms with Crippen molar-refractivity contribution in [2.45, 2.75) is 13.8 Å². The molecule has 0 fully saturated rings. The van der Waals surface area contributed by atoms with E-state index in [-0.39, 0.29) is 17.7 Å². The third kappa shape index (κ3) is 2.73. The summed E-state index contributed by atoms with van der Waals surface area (Å²) < 4.78 is 6.36. The van der Waals surface area contributed by atoms with Crippen molar-refractivity contribution in [2.24, 2.45) is 0 Å².